The van der Waals surface area contributed by atoms with E-state index in [4.69, 9.17) is 4.74 Å². The summed E-state index contributed by atoms with van der Waals surface area (Å²) in [5.41, 5.74) is -0.431. The minimum atomic E-state index is -0.431. The van der Waals surface area contributed by atoms with Gasteiger partial charge in [0.15, 0.2) is 0 Å². The lowest BCUT2D eigenvalue weighted by Gasteiger charge is -2.38. The van der Waals surface area contributed by atoms with E-state index in [0.29, 0.717) is 24.3 Å². The highest BCUT2D eigenvalue weighted by Crippen LogP contribution is 2.43. The van der Waals surface area contributed by atoms with Crippen LogP contribution in [-0.4, -0.2) is 41.4 Å². The van der Waals surface area contributed by atoms with Crippen LogP contribution in [-0.2, 0) is 4.74 Å². The van der Waals surface area contributed by atoms with Gasteiger partial charge in [0.25, 0.3) is 0 Å². The van der Waals surface area contributed by atoms with Crippen LogP contribution in [0.25, 0.3) is 0 Å². The molecular formula is C14H25NO3. The third-order valence-electron chi connectivity index (χ3n) is 3.92. The standard InChI is InChI=1S/C14H25NO3/c1-14(2,3)18-13(17)15-7-6-11(9-16)12(8-15)10-4-5-10/h10-12,16H,4-9H2,1-3H3/t11-,12+/m0/s1. The molecule has 0 aromatic heterocycles. The maximum Gasteiger partial charge on any atom is 0.410 e. The van der Waals surface area contributed by atoms with Crippen LogP contribution >= 0.6 is 0 Å². The van der Waals surface area contributed by atoms with Gasteiger partial charge in [-0.05, 0) is 57.8 Å². The Kier molecular flexibility index (Phi) is 3.85. The topological polar surface area (TPSA) is 49.8 Å². The Morgan fingerprint density at radius 2 is 2.00 bits per heavy atom. The van der Waals surface area contributed by atoms with Gasteiger partial charge in [-0.1, -0.05) is 0 Å². The summed E-state index contributed by atoms with van der Waals surface area (Å²) < 4.78 is 5.42. The van der Waals surface area contributed by atoms with Crippen molar-refractivity contribution in [2.75, 3.05) is 19.7 Å². The summed E-state index contributed by atoms with van der Waals surface area (Å²) in [5, 5.41) is 9.41. The van der Waals surface area contributed by atoms with Crippen molar-refractivity contribution in [3.8, 4) is 0 Å². The van der Waals surface area contributed by atoms with Crippen molar-refractivity contribution < 1.29 is 14.6 Å². The predicted octanol–water partition coefficient (Wildman–Crippen LogP) is 2.26. The van der Waals surface area contributed by atoms with Crippen LogP contribution in [0.4, 0.5) is 4.79 Å². The van der Waals surface area contributed by atoms with Crippen molar-refractivity contribution in [2.24, 2.45) is 17.8 Å². The third kappa shape index (κ3) is 3.37. The zero-order valence-corrected chi connectivity index (χ0v) is 11.7. The molecule has 0 unspecified atom stereocenters. The van der Waals surface area contributed by atoms with Crippen molar-refractivity contribution in [3.05, 3.63) is 0 Å². The quantitative estimate of drug-likeness (QED) is 0.823. The number of piperidine rings is 1. The van der Waals surface area contributed by atoms with E-state index in [-0.39, 0.29) is 12.7 Å². The molecule has 0 spiro atoms. The average Bonchev–Trinajstić information content (AvgIpc) is 3.09. The molecule has 2 fully saturated rings. The maximum atomic E-state index is 12.0. The Bertz CT molecular complexity index is 307. The first-order chi connectivity index (χ1) is 8.40. The molecule has 0 aromatic rings. The van der Waals surface area contributed by atoms with E-state index in [1.165, 1.54) is 12.8 Å². The summed E-state index contributed by atoms with van der Waals surface area (Å²) in [6, 6.07) is 0. The zero-order valence-electron chi connectivity index (χ0n) is 11.7. The van der Waals surface area contributed by atoms with E-state index in [1.807, 2.05) is 25.7 Å². The molecule has 1 saturated carbocycles. The summed E-state index contributed by atoms with van der Waals surface area (Å²) >= 11 is 0. The van der Waals surface area contributed by atoms with Gasteiger partial charge in [0.1, 0.15) is 5.60 Å². The SMILES string of the molecule is CC(C)(C)OC(=O)N1CC[C@@H](CO)[C@@H](C2CC2)C1. The summed E-state index contributed by atoms with van der Waals surface area (Å²) in [5.74, 6) is 1.56. The number of likely N-dealkylation sites (tertiary alicyclic amines) is 1. The Balaban J connectivity index is 1.93. The molecular weight excluding hydrogens is 230 g/mol. The zero-order chi connectivity index (χ0) is 13.3. The second-order valence-corrected chi connectivity index (χ2v) is 6.66. The molecule has 104 valence electrons. The number of carbonyl (C=O) groups excluding carboxylic acids is 1. The lowest BCUT2D eigenvalue weighted by atomic mass is 9.83. The minimum absolute atomic E-state index is 0.204. The van der Waals surface area contributed by atoms with Gasteiger partial charge in [-0.3, -0.25) is 0 Å². The Morgan fingerprint density at radius 3 is 2.50 bits per heavy atom. The molecule has 4 heteroatoms. The Morgan fingerprint density at radius 1 is 1.33 bits per heavy atom. The number of nitrogens with zero attached hydrogens (tertiary/aromatic N) is 1. The predicted molar refractivity (Wildman–Crippen MR) is 69.2 cm³/mol. The van der Waals surface area contributed by atoms with E-state index < -0.39 is 5.60 Å². The van der Waals surface area contributed by atoms with Gasteiger partial charge in [0.2, 0.25) is 0 Å². The number of hydrogen-bond acceptors (Lipinski definition) is 3. The van der Waals surface area contributed by atoms with Gasteiger partial charge < -0.3 is 14.7 Å². The van der Waals surface area contributed by atoms with Crippen molar-refractivity contribution in [2.45, 2.75) is 45.6 Å². The molecule has 4 nitrogen and oxygen atoms in total. The molecule has 18 heavy (non-hydrogen) atoms. The largest absolute Gasteiger partial charge is 0.444 e. The first-order valence-electron chi connectivity index (χ1n) is 6.99. The third-order valence-corrected chi connectivity index (χ3v) is 3.92. The molecule has 0 aromatic carbocycles. The molecule has 0 bridgehead atoms. The van der Waals surface area contributed by atoms with Gasteiger partial charge in [0.05, 0.1) is 0 Å². The lowest BCUT2D eigenvalue weighted by molar-refractivity contribution is 0.00213. The summed E-state index contributed by atoms with van der Waals surface area (Å²) in [4.78, 5) is 13.9. The van der Waals surface area contributed by atoms with Crippen LogP contribution in [0.1, 0.15) is 40.0 Å². The van der Waals surface area contributed by atoms with E-state index in [9.17, 15) is 9.90 Å². The molecule has 1 heterocycles. The second kappa shape index (κ2) is 5.08. The van der Waals surface area contributed by atoms with Crippen molar-refractivity contribution in [1.82, 2.24) is 4.90 Å². The summed E-state index contributed by atoms with van der Waals surface area (Å²) in [6.07, 6.45) is 3.20. The summed E-state index contributed by atoms with van der Waals surface area (Å²) in [7, 11) is 0. The van der Waals surface area contributed by atoms with Crippen molar-refractivity contribution >= 4 is 6.09 Å². The van der Waals surface area contributed by atoms with E-state index in [2.05, 4.69) is 0 Å². The highest BCUT2D eigenvalue weighted by atomic mass is 16.6. The highest BCUT2D eigenvalue weighted by molar-refractivity contribution is 5.68. The molecule has 1 aliphatic carbocycles. The molecule has 1 N–H and O–H groups in total. The fraction of sp³-hybridized carbons (Fsp3) is 0.929. The molecule has 0 radical (unpaired) electrons. The van der Waals surface area contributed by atoms with Crippen molar-refractivity contribution in [1.29, 1.82) is 0 Å². The molecule has 2 rings (SSSR count). The number of hydrogen-bond donors (Lipinski definition) is 1. The molecule has 1 saturated heterocycles. The normalized spacial score (nSPS) is 29.2. The number of amides is 1. The first-order valence-corrected chi connectivity index (χ1v) is 6.99. The van der Waals surface area contributed by atoms with Crippen molar-refractivity contribution in [3.63, 3.8) is 0 Å². The Labute approximate surface area is 109 Å². The van der Waals surface area contributed by atoms with Crippen LogP contribution in [0.2, 0.25) is 0 Å². The number of aliphatic hydroxyl groups is 1. The second-order valence-electron chi connectivity index (χ2n) is 6.66. The number of carbonyl (C=O) groups is 1. The van der Waals surface area contributed by atoms with Gasteiger partial charge in [-0.25, -0.2) is 4.79 Å². The maximum absolute atomic E-state index is 12.0. The van der Waals surface area contributed by atoms with Gasteiger partial charge in [0, 0.05) is 19.7 Å². The number of aliphatic hydroxyl groups excluding tert-OH is 1. The van der Waals surface area contributed by atoms with Gasteiger partial charge in [-0.15, -0.1) is 0 Å². The van der Waals surface area contributed by atoms with Crippen LogP contribution in [0, 0.1) is 17.8 Å². The van der Waals surface area contributed by atoms with E-state index in [1.54, 1.807) is 0 Å². The number of rotatable bonds is 2. The summed E-state index contributed by atoms with van der Waals surface area (Å²) in [6.45, 7) is 7.40. The molecule has 2 atom stereocenters. The number of ether oxygens (including phenoxy) is 1. The van der Waals surface area contributed by atoms with E-state index in [0.717, 1.165) is 13.0 Å². The van der Waals surface area contributed by atoms with Crippen LogP contribution in [0.3, 0.4) is 0 Å². The molecule has 1 amide bonds. The average molecular weight is 255 g/mol. The van der Waals surface area contributed by atoms with E-state index >= 15 is 0 Å². The molecule has 2 aliphatic rings. The lowest BCUT2D eigenvalue weighted by Crippen LogP contribution is -2.47. The molecule has 1 aliphatic heterocycles. The Hall–Kier alpha value is -0.770. The van der Waals surface area contributed by atoms with Crippen LogP contribution in [0.5, 0.6) is 0 Å². The van der Waals surface area contributed by atoms with Crippen LogP contribution < -0.4 is 0 Å². The van der Waals surface area contributed by atoms with Crippen LogP contribution in [0.15, 0.2) is 0 Å². The fourth-order valence-corrected chi connectivity index (χ4v) is 2.81. The minimum Gasteiger partial charge on any atom is -0.444 e. The van der Waals surface area contributed by atoms with Gasteiger partial charge >= 0.3 is 6.09 Å². The monoisotopic (exact) mass is 255 g/mol. The first kappa shape index (κ1) is 13.7. The fourth-order valence-electron chi connectivity index (χ4n) is 2.81. The van der Waals surface area contributed by atoms with Gasteiger partial charge in [-0.2, -0.15) is 0 Å². The smallest absolute Gasteiger partial charge is 0.410 e. The highest BCUT2D eigenvalue weighted by Gasteiger charge is 2.41.